The van der Waals surface area contributed by atoms with Crippen molar-refractivity contribution in [3.63, 3.8) is 0 Å². The minimum absolute atomic E-state index is 0.0453. The summed E-state index contributed by atoms with van der Waals surface area (Å²) < 4.78 is 0.697. The molecule has 19 heavy (non-hydrogen) atoms. The molecule has 0 saturated heterocycles. The number of rotatable bonds is 6. The number of aromatic nitrogens is 2. The van der Waals surface area contributed by atoms with Crippen LogP contribution in [0.1, 0.15) is 19.7 Å². The predicted molar refractivity (Wildman–Crippen MR) is 79.7 cm³/mol. The van der Waals surface area contributed by atoms with Gasteiger partial charge in [0.15, 0.2) is 0 Å². The Kier molecular flexibility index (Phi) is 4.68. The van der Waals surface area contributed by atoms with Gasteiger partial charge in [0.1, 0.15) is 10.5 Å². The highest BCUT2D eigenvalue weighted by Gasteiger charge is 2.05. The minimum atomic E-state index is -0.0453. The lowest BCUT2D eigenvalue weighted by Gasteiger charge is -2.20. The summed E-state index contributed by atoms with van der Waals surface area (Å²) in [5.74, 6) is 0.697. The molecule has 6 heteroatoms. The predicted octanol–water partition coefficient (Wildman–Crippen LogP) is 1.41. The monoisotopic (exact) mass is 280 g/mol. The molecule has 0 amide bonds. The van der Waals surface area contributed by atoms with Crippen LogP contribution in [0.5, 0.6) is 0 Å². The van der Waals surface area contributed by atoms with E-state index < -0.39 is 0 Å². The first-order valence-electron chi connectivity index (χ1n) is 6.45. The number of aromatic amines is 1. The maximum absolute atomic E-state index is 11.8. The zero-order valence-electron chi connectivity index (χ0n) is 11.6. The zero-order valence-corrected chi connectivity index (χ0v) is 12.4. The summed E-state index contributed by atoms with van der Waals surface area (Å²) in [4.78, 5) is 21.3. The quantitative estimate of drug-likeness (QED) is 0.786. The van der Waals surface area contributed by atoms with Gasteiger partial charge in [-0.2, -0.15) is 0 Å². The van der Waals surface area contributed by atoms with Gasteiger partial charge in [0.25, 0.3) is 5.56 Å². The van der Waals surface area contributed by atoms with Crippen molar-refractivity contribution in [3.8, 4) is 0 Å². The highest BCUT2D eigenvalue weighted by Crippen LogP contribution is 2.13. The number of hydrogen-bond acceptors (Lipinski definition) is 5. The molecule has 2 heterocycles. The Morgan fingerprint density at radius 3 is 3.05 bits per heavy atom. The van der Waals surface area contributed by atoms with Gasteiger partial charge in [-0.25, -0.2) is 4.98 Å². The van der Waals surface area contributed by atoms with Gasteiger partial charge < -0.3 is 15.2 Å². The summed E-state index contributed by atoms with van der Waals surface area (Å²) in [6.45, 7) is 6.78. The van der Waals surface area contributed by atoms with Crippen molar-refractivity contribution in [2.45, 2.75) is 26.4 Å². The van der Waals surface area contributed by atoms with E-state index in [0.717, 1.165) is 18.6 Å². The zero-order chi connectivity index (χ0) is 13.8. The van der Waals surface area contributed by atoms with Gasteiger partial charge >= 0.3 is 0 Å². The standard InChI is InChI=1S/C13H20N4OS/c1-9(2)17(3)6-5-14-8-11-15-10-4-7-19-12(10)13(18)16-11/h4,7,9,14H,5-6,8H2,1-3H3,(H,15,16,18). The molecule has 0 unspecified atom stereocenters. The Hall–Kier alpha value is -1.24. The van der Waals surface area contributed by atoms with Crippen LogP contribution in [0.25, 0.3) is 10.2 Å². The fourth-order valence-electron chi connectivity index (χ4n) is 1.73. The lowest BCUT2D eigenvalue weighted by Crippen LogP contribution is -2.34. The van der Waals surface area contributed by atoms with Crippen LogP contribution < -0.4 is 10.9 Å². The molecule has 0 radical (unpaired) electrons. The summed E-state index contributed by atoms with van der Waals surface area (Å²) >= 11 is 1.42. The SMILES string of the molecule is CC(C)N(C)CCNCc1nc2ccsc2c(=O)[nH]1. The lowest BCUT2D eigenvalue weighted by atomic mass is 10.3. The van der Waals surface area contributed by atoms with Crippen molar-refractivity contribution in [1.29, 1.82) is 0 Å². The second-order valence-electron chi connectivity index (χ2n) is 4.90. The molecule has 0 spiro atoms. The van der Waals surface area contributed by atoms with Gasteiger partial charge in [-0.1, -0.05) is 0 Å². The molecule has 0 saturated carbocycles. The van der Waals surface area contributed by atoms with Crippen LogP contribution in [-0.2, 0) is 6.54 Å². The van der Waals surface area contributed by atoms with E-state index in [1.54, 1.807) is 0 Å². The summed E-state index contributed by atoms with van der Waals surface area (Å²) in [5, 5.41) is 5.19. The molecule has 2 aromatic rings. The van der Waals surface area contributed by atoms with Crippen molar-refractivity contribution in [2.24, 2.45) is 0 Å². The summed E-state index contributed by atoms with van der Waals surface area (Å²) in [5.41, 5.74) is 0.737. The molecule has 0 aliphatic heterocycles. The van der Waals surface area contributed by atoms with Crippen LogP contribution in [0.2, 0.25) is 0 Å². The van der Waals surface area contributed by atoms with Gasteiger partial charge in [-0.15, -0.1) is 11.3 Å². The number of H-pyrrole nitrogens is 1. The number of fused-ring (bicyclic) bond motifs is 1. The Morgan fingerprint density at radius 1 is 1.53 bits per heavy atom. The number of nitrogens with zero attached hydrogens (tertiary/aromatic N) is 2. The van der Waals surface area contributed by atoms with Gasteiger partial charge in [-0.05, 0) is 32.3 Å². The fourth-order valence-corrected chi connectivity index (χ4v) is 2.45. The molecule has 2 aromatic heterocycles. The van der Waals surface area contributed by atoms with E-state index in [4.69, 9.17) is 0 Å². The van der Waals surface area contributed by atoms with Crippen molar-refractivity contribution >= 4 is 21.6 Å². The number of nitrogens with one attached hydrogen (secondary N) is 2. The molecule has 0 atom stereocenters. The molecule has 0 fully saturated rings. The Labute approximate surface area is 116 Å². The third-order valence-corrected chi connectivity index (χ3v) is 4.08. The van der Waals surface area contributed by atoms with E-state index in [1.165, 1.54) is 11.3 Å². The van der Waals surface area contributed by atoms with E-state index in [-0.39, 0.29) is 5.56 Å². The topological polar surface area (TPSA) is 61.0 Å². The molecule has 2 rings (SSSR count). The first-order valence-corrected chi connectivity index (χ1v) is 7.33. The highest BCUT2D eigenvalue weighted by molar-refractivity contribution is 7.17. The minimum Gasteiger partial charge on any atom is -0.309 e. The van der Waals surface area contributed by atoms with Crippen molar-refractivity contribution < 1.29 is 0 Å². The third-order valence-electron chi connectivity index (χ3n) is 3.18. The number of hydrogen-bond donors (Lipinski definition) is 2. The molecular formula is C13H20N4OS. The molecule has 0 aromatic carbocycles. The maximum Gasteiger partial charge on any atom is 0.268 e. The van der Waals surface area contributed by atoms with Crippen molar-refractivity contribution in [1.82, 2.24) is 20.2 Å². The van der Waals surface area contributed by atoms with E-state index in [2.05, 4.69) is 41.1 Å². The van der Waals surface area contributed by atoms with Crippen molar-refractivity contribution in [2.75, 3.05) is 20.1 Å². The maximum atomic E-state index is 11.8. The molecule has 0 bridgehead atoms. The van der Waals surface area contributed by atoms with E-state index in [9.17, 15) is 4.79 Å². The molecular weight excluding hydrogens is 260 g/mol. The fraction of sp³-hybridized carbons (Fsp3) is 0.538. The largest absolute Gasteiger partial charge is 0.309 e. The first kappa shape index (κ1) is 14.2. The smallest absolute Gasteiger partial charge is 0.268 e. The Balaban J connectivity index is 1.90. The Morgan fingerprint density at radius 2 is 2.32 bits per heavy atom. The molecule has 2 N–H and O–H groups in total. The summed E-state index contributed by atoms with van der Waals surface area (Å²) in [7, 11) is 2.10. The molecule has 104 valence electrons. The van der Waals surface area contributed by atoms with Gasteiger partial charge in [-0.3, -0.25) is 4.79 Å². The second kappa shape index (κ2) is 6.27. The van der Waals surface area contributed by atoms with Crippen LogP contribution in [0, 0.1) is 0 Å². The average molecular weight is 280 g/mol. The van der Waals surface area contributed by atoms with Crippen LogP contribution in [0.3, 0.4) is 0 Å². The second-order valence-corrected chi connectivity index (χ2v) is 5.81. The molecule has 5 nitrogen and oxygen atoms in total. The third kappa shape index (κ3) is 3.62. The summed E-state index contributed by atoms with van der Waals surface area (Å²) in [6.07, 6.45) is 0. The van der Waals surface area contributed by atoms with Crippen LogP contribution in [0.15, 0.2) is 16.2 Å². The summed E-state index contributed by atoms with van der Waals surface area (Å²) in [6, 6.07) is 2.42. The van der Waals surface area contributed by atoms with Gasteiger partial charge in [0, 0.05) is 19.1 Å². The first-order chi connectivity index (χ1) is 9.08. The van der Waals surface area contributed by atoms with E-state index >= 15 is 0 Å². The van der Waals surface area contributed by atoms with Crippen LogP contribution in [-0.4, -0.2) is 41.0 Å². The van der Waals surface area contributed by atoms with Crippen molar-refractivity contribution in [3.05, 3.63) is 27.6 Å². The number of likely N-dealkylation sites (N-methyl/N-ethyl adjacent to an activating group) is 1. The lowest BCUT2D eigenvalue weighted by molar-refractivity contribution is 0.273. The van der Waals surface area contributed by atoms with E-state index in [0.29, 0.717) is 23.1 Å². The average Bonchev–Trinajstić information content (AvgIpc) is 2.83. The van der Waals surface area contributed by atoms with Gasteiger partial charge in [0.2, 0.25) is 0 Å². The van der Waals surface area contributed by atoms with Gasteiger partial charge in [0.05, 0.1) is 12.1 Å². The van der Waals surface area contributed by atoms with E-state index in [1.807, 2.05) is 11.4 Å². The van der Waals surface area contributed by atoms with Crippen LogP contribution >= 0.6 is 11.3 Å². The number of thiophene rings is 1. The Bertz CT molecular complexity index is 590. The van der Waals surface area contributed by atoms with Crippen LogP contribution in [0.4, 0.5) is 0 Å². The molecule has 0 aliphatic rings. The normalized spacial score (nSPS) is 11.8. The molecule has 0 aliphatic carbocycles. The highest BCUT2D eigenvalue weighted by atomic mass is 32.1.